The highest BCUT2D eigenvalue weighted by Crippen LogP contribution is 2.48. The second-order valence-electron chi connectivity index (χ2n) is 15.2. The molecule has 5 N–H and O–H groups in total. The van der Waals surface area contributed by atoms with E-state index in [0.717, 1.165) is 40.3 Å². The van der Waals surface area contributed by atoms with Gasteiger partial charge in [0.2, 0.25) is 5.69 Å². The average Bonchev–Trinajstić information content (AvgIpc) is 3.44. The summed E-state index contributed by atoms with van der Waals surface area (Å²) in [4.78, 5) is 18.9. The van der Waals surface area contributed by atoms with E-state index in [1.54, 1.807) is 24.3 Å². The molecule has 2 heterocycles. The fourth-order valence-electron chi connectivity index (χ4n) is 7.08. The van der Waals surface area contributed by atoms with Crippen molar-refractivity contribution in [3.8, 4) is 5.75 Å². The molecule has 2 aliphatic heterocycles. The van der Waals surface area contributed by atoms with Gasteiger partial charge in [0.15, 0.2) is 12.1 Å². The molecule has 0 spiro atoms. The zero-order chi connectivity index (χ0) is 44.0. The molecule has 2 aliphatic rings. The van der Waals surface area contributed by atoms with Gasteiger partial charge in [-0.05, 0) is 75.1 Å². The van der Waals surface area contributed by atoms with Gasteiger partial charge < -0.3 is 15.0 Å². The van der Waals surface area contributed by atoms with Crippen LogP contribution in [0.25, 0.3) is 0 Å². The number of benzene rings is 2. The molecule has 22 heteroatoms. The minimum absolute atomic E-state index is 0.182. The molecule has 0 atom stereocenters. The van der Waals surface area contributed by atoms with Gasteiger partial charge in [0.25, 0.3) is 46.4 Å². The van der Waals surface area contributed by atoms with Gasteiger partial charge in [0.05, 0.1) is 35.0 Å². The van der Waals surface area contributed by atoms with Gasteiger partial charge in [-0.25, -0.2) is 0 Å². The molecule has 18 nitrogen and oxygen atoms in total. The molecule has 0 saturated carbocycles. The number of hydrogen-bond donors (Lipinski definition) is 5. The van der Waals surface area contributed by atoms with E-state index in [1.165, 1.54) is 0 Å². The van der Waals surface area contributed by atoms with Crippen molar-refractivity contribution in [3.63, 3.8) is 0 Å². The maximum Gasteiger partial charge on any atom is 0.266 e. The monoisotopic (exact) mass is 903 g/mol. The number of carbonyl (C=O) groups excluding carboxylic acids is 1. The highest BCUT2D eigenvalue weighted by molar-refractivity contribution is 7.86. The van der Waals surface area contributed by atoms with E-state index in [9.17, 15) is 47.6 Å². The molecule has 4 rings (SSSR count). The smallest absolute Gasteiger partial charge is 0.266 e. The van der Waals surface area contributed by atoms with Crippen molar-refractivity contribution in [1.82, 2.24) is 5.32 Å². The number of fused-ring (bicyclic) bond motifs is 2. The summed E-state index contributed by atoms with van der Waals surface area (Å²) in [6.07, 6.45) is 7.98. The van der Waals surface area contributed by atoms with Gasteiger partial charge in [-0.1, -0.05) is 19.9 Å². The normalized spacial score (nSPS) is 17.3. The Hall–Kier alpha value is -4.03. The fourth-order valence-corrected chi connectivity index (χ4v) is 8.91. The van der Waals surface area contributed by atoms with Crippen LogP contribution in [0.4, 0.5) is 11.4 Å². The Bertz CT molecular complexity index is 2490. The Morgan fingerprint density at radius 3 is 2.03 bits per heavy atom. The van der Waals surface area contributed by atoms with E-state index in [1.807, 2.05) is 67.5 Å². The number of carbonyl (C=O) groups is 1. The van der Waals surface area contributed by atoms with Crippen LogP contribution in [0.5, 0.6) is 5.75 Å². The molecule has 59 heavy (non-hydrogen) atoms. The summed E-state index contributed by atoms with van der Waals surface area (Å²) in [6.45, 7) is 8.17. The molecular formula is C37H51N4O14S4+. The van der Waals surface area contributed by atoms with Gasteiger partial charge in [-0.3, -0.25) is 28.0 Å². The molecule has 0 bridgehead atoms. The second kappa shape index (κ2) is 18.7. The van der Waals surface area contributed by atoms with Crippen LogP contribution in [-0.2, 0) is 51.3 Å². The molecule has 0 aromatic heterocycles. The Labute approximate surface area is 345 Å². The Balaban J connectivity index is 1.71. The number of amides is 1. The third-order valence-corrected chi connectivity index (χ3v) is 13.0. The highest BCUT2D eigenvalue weighted by atomic mass is 32.2. The molecule has 326 valence electrons. The molecule has 0 aliphatic carbocycles. The van der Waals surface area contributed by atoms with Gasteiger partial charge >= 0.3 is 0 Å². The molecule has 0 radical (unpaired) electrons. The predicted molar refractivity (Wildman–Crippen MR) is 224 cm³/mol. The Morgan fingerprint density at radius 2 is 1.41 bits per heavy atom. The molecule has 0 fully saturated rings. The number of ether oxygens (including phenoxy) is 1. The zero-order valence-electron chi connectivity index (χ0n) is 33.1. The number of nitrogens with one attached hydrogen (secondary N) is 1. The third-order valence-electron chi connectivity index (χ3n) is 9.98. The molecule has 0 unspecified atom stereocenters. The van der Waals surface area contributed by atoms with Gasteiger partial charge in [-0.2, -0.15) is 38.2 Å². The SMILES string of the molecule is CC1(C)C(C=C/C=C2/N(CCCCS(=O)(=O)O)c3ccc(C(=O)NCCS(=O)(=O)O)cc3C2(C)C)=[N+](CCCCS(=O)(=O)O)c2ccc(OC=NCCS(=O)(=O)O)cc21. The van der Waals surface area contributed by atoms with Crippen LogP contribution in [0, 0.1) is 0 Å². The maximum absolute atomic E-state index is 13.0. The first-order valence-corrected chi connectivity index (χ1v) is 25.0. The molecule has 0 saturated heterocycles. The fraction of sp³-hybridized carbons (Fsp3) is 0.486. The Morgan fingerprint density at radius 1 is 0.780 bits per heavy atom. The van der Waals surface area contributed by atoms with E-state index >= 15 is 0 Å². The topological polar surface area (TPSA) is 274 Å². The summed E-state index contributed by atoms with van der Waals surface area (Å²) in [7, 11) is -16.8. The van der Waals surface area contributed by atoms with Crippen LogP contribution >= 0.6 is 0 Å². The van der Waals surface area contributed by atoms with E-state index < -0.39 is 80.2 Å². The van der Waals surface area contributed by atoms with Crippen LogP contribution in [0.2, 0.25) is 0 Å². The molecular weight excluding hydrogens is 853 g/mol. The lowest BCUT2D eigenvalue weighted by atomic mass is 9.81. The number of hydrogen-bond acceptors (Lipinski definition) is 12. The second-order valence-corrected chi connectivity index (χ2v) is 21.5. The molecule has 2 aromatic carbocycles. The summed E-state index contributed by atoms with van der Waals surface area (Å²) in [6, 6.07) is 10.4. The minimum Gasteiger partial charge on any atom is -0.446 e. The predicted octanol–water partition coefficient (Wildman–Crippen LogP) is 3.55. The summed E-state index contributed by atoms with van der Waals surface area (Å²) < 4.78 is 134. The number of nitrogens with zero attached hydrogens (tertiary/aromatic N) is 3. The van der Waals surface area contributed by atoms with E-state index in [2.05, 4.69) is 10.3 Å². The molecule has 1 amide bonds. The largest absolute Gasteiger partial charge is 0.446 e. The first-order valence-electron chi connectivity index (χ1n) is 18.5. The summed E-state index contributed by atoms with van der Waals surface area (Å²) in [5.41, 5.74) is 3.75. The lowest BCUT2D eigenvalue weighted by molar-refractivity contribution is -0.438. The minimum atomic E-state index is -4.29. The highest BCUT2D eigenvalue weighted by Gasteiger charge is 2.45. The zero-order valence-corrected chi connectivity index (χ0v) is 36.4. The summed E-state index contributed by atoms with van der Waals surface area (Å²) >= 11 is 0. The number of aliphatic imine (C=N–C) groups is 1. The van der Waals surface area contributed by atoms with Crippen molar-refractivity contribution >= 4 is 69.9 Å². The average molecular weight is 904 g/mol. The lowest BCUT2D eigenvalue weighted by Gasteiger charge is -2.27. The van der Waals surface area contributed by atoms with E-state index in [-0.39, 0.29) is 31.5 Å². The van der Waals surface area contributed by atoms with Crippen molar-refractivity contribution in [1.29, 1.82) is 0 Å². The van der Waals surface area contributed by atoms with Crippen LogP contribution in [-0.4, -0.2) is 124 Å². The van der Waals surface area contributed by atoms with Crippen LogP contribution in [0.15, 0.2) is 65.3 Å². The van der Waals surface area contributed by atoms with Gasteiger partial charge in [0.1, 0.15) is 12.3 Å². The van der Waals surface area contributed by atoms with Crippen LogP contribution < -0.4 is 15.0 Å². The maximum atomic E-state index is 13.0. The van der Waals surface area contributed by atoms with Crippen molar-refractivity contribution < 1.29 is 66.0 Å². The van der Waals surface area contributed by atoms with Crippen molar-refractivity contribution in [2.45, 2.75) is 64.2 Å². The van der Waals surface area contributed by atoms with Crippen molar-refractivity contribution in [3.05, 3.63) is 77.0 Å². The van der Waals surface area contributed by atoms with Gasteiger partial charge in [0, 0.05) is 59.6 Å². The van der Waals surface area contributed by atoms with E-state index in [4.69, 9.17) is 13.8 Å². The first-order chi connectivity index (χ1) is 27.2. The standard InChI is InChI=1S/C37H50N4O14S4/c1-36(2)29-24-27(35(42)39-17-23-59(52,53)54)12-14-31(29)40(18-5-7-20-56(43,44)45)33(36)10-9-11-34-37(3,4)30-25-28(55-26-38-16-22-58(49,50)51)13-15-32(30)41(34)19-6-8-21-57(46,47)48/h9-15,24-26H,5-8,16-23H2,1-4H3,(H4-,39,42,43,44,45,46,47,48,49,50,51,52,53,54)/p+1. The van der Waals surface area contributed by atoms with Crippen LogP contribution in [0.1, 0.15) is 74.9 Å². The summed E-state index contributed by atoms with van der Waals surface area (Å²) in [5, 5.41) is 2.50. The molecule has 2 aromatic rings. The first kappa shape index (κ1) is 47.6. The number of allylic oxidation sites excluding steroid dienone is 4. The number of rotatable bonds is 21. The van der Waals surface area contributed by atoms with Crippen molar-refractivity contribution in [2.75, 3.05) is 54.1 Å². The lowest BCUT2D eigenvalue weighted by Crippen LogP contribution is -2.29. The number of unbranched alkanes of at least 4 members (excludes halogenated alkanes) is 2. The van der Waals surface area contributed by atoms with E-state index in [0.29, 0.717) is 31.7 Å². The third kappa shape index (κ3) is 13.5. The quantitative estimate of drug-likeness (QED) is 0.0394. The Kier molecular flexibility index (Phi) is 15.1. The van der Waals surface area contributed by atoms with Crippen molar-refractivity contribution in [2.24, 2.45) is 4.99 Å². The van der Waals surface area contributed by atoms with Crippen LogP contribution in [0.3, 0.4) is 0 Å². The number of anilines is 1. The summed E-state index contributed by atoms with van der Waals surface area (Å²) in [5.74, 6) is -2.17. The van der Waals surface area contributed by atoms with Gasteiger partial charge in [-0.15, -0.1) is 0 Å².